The first-order valence-electron chi connectivity index (χ1n) is 8.71. The van der Waals surface area contributed by atoms with Crippen molar-refractivity contribution < 1.29 is 14.3 Å². The van der Waals surface area contributed by atoms with Crippen LogP contribution < -0.4 is 20.9 Å². The molecule has 0 aliphatic rings. The quantitative estimate of drug-likeness (QED) is 0.377. The number of amides is 2. The third-order valence-electron chi connectivity index (χ3n) is 3.85. The lowest BCUT2D eigenvalue weighted by Crippen LogP contribution is -2.44. The zero-order chi connectivity index (χ0) is 20.5. The van der Waals surface area contributed by atoms with Crippen LogP contribution in [0.3, 0.4) is 0 Å². The average Bonchev–Trinajstić information content (AvgIpc) is 3.29. The standard InChI is InChI=1S/C20H20N4O3S2/c1-27-18-5-3-2-4-17(18)21-10-19(25)23-24-20(26)14-6-8-16(9-7-14)29-12-15-11-28-13-22-15/h2-9,11,13,21H,10,12H2,1H3,(H,23,25)(H,24,26). The highest BCUT2D eigenvalue weighted by Crippen LogP contribution is 2.23. The topological polar surface area (TPSA) is 92.4 Å². The van der Waals surface area contributed by atoms with Crippen molar-refractivity contribution in [2.45, 2.75) is 10.6 Å². The number of nitrogens with one attached hydrogen (secondary N) is 3. The van der Waals surface area contributed by atoms with Gasteiger partial charge in [0.05, 0.1) is 30.5 Å². The average molecular weight is 429 g/mol. The van der Waals surface area contributed by atoms with E-state index in [1.807, 2.05) is 35.2 Å². The number of ether oxygens (including phenoxy) is 1. The first-order valence-corrected chi connectivity index (χ1v) is 10.6. The number of rotatable bonds is 8. The second-order valence-electron chi connectivity index (χ2n) is 5.85. The van der Waals surface area contributed by atoms with Gasteiger partial charge in [0.1, 0.15) is 5.75 Å². The molecule has 0 saturated carbocycles. The summed E-state index contributed by atoms with van der Waals surface area (Å²) in [7, 11) is 1.56. The van der Waals surface area contributed by atoms with Crippen LogP contribution >= 0.6 is 23.1 Å². The number of para-hydroxylation sites is 2. The monoisotopic (exact) mass is 428 g/mol. The molecule has 150 valence electrons. The highest BCUT2D eigenvalue weighted by atomic mass is 32.2. The van der Waals surface area contributed by atoms with Gasteiger partial charge in [-0.15, -0.1) is 23.1 Å². The van der Waals surface area contributed by atoms with Crippen LogP contribution in [0.25, 0.3) is 0 Å². The fourth-order valence-corrected chi connectivity index (χ4v) is 3.84. The van der Waals surface area contributed by atoms with Gasteiger partial charge in [-0.05, 0) is 36.4 Å². The van der Waals surface area contributed by atoms with Crippen molar-refractivity contribution in [1.29, 1.82) is 0 Å². The number of aromatic nitrogens is 1. The Morgan fingerprint density at radius 1 is 1.10 bits per heavy atom. The van der Waals surface area contributed by atoms with Crippen LogP contribution in [0.1, 0.15) is 16.1 Å². The molecule has 0 aliphatic heterocycles. The number of thioether (sulfide) groups is 1. The summed E-state index contributed by atoms with van der Waals surface area (Å²) in [4.78, 5) is 29.4. The predicted octanol–water partition coefficient (Wildman–Crippen LogP) is 3.32. The van der Waals surface area contributed by atoms with Crippen LogP contribution in [-0.2, 0) is 10.5 Å². The second kappa shape index (κ2) is 10.5. The van der Waals surface area contributed by atoms with Crippen LogP contribution in [0.5, 0.6) is 5.75 Å². The van der Waals surface area contributed by atoms with Crippen molar-refractivity contribution >= 4 is 40.6 Å². The maximum absolute atomic E-state index is 12.2. The van der Waals surface area contributed by atoms with Crippen molar-refractivity contribution in [3.05, 3.63) is 70.7 Å². The third-order valence-corrected chi connectivity index (χ3v) is 5.53. The minimum atomic E-state index is -0.383. The summed E-state index contributed by atoms with van der Waals surface area (Å²) in [6.45, 7) is -0.00709. The normalized spacial score (nSPS) is 10.2. The number of hydrogen-bond acceptors (Lipinski definition) is 7. The smallest absolute Gasteiger partial charge is 0.269 e. The van der Waals surface area contributed by atoms with Gasteiger partial charge >= 0.3 is 0 Å². The Kier molecular flexibility index (Phi) is 7.48. The number of nitrogens with zero attached hydrogens (tertiary/aromatic N) is 1. The number of hydrazine groups is 1. The predicted molar refractivity (Wildman–Crippen MR) is 115 cm³/mol. The third kappa shape index (κ3) is 6.23. The van der Waals surface area contributed by atoms with E-state index in [0.29, 0.717) is 17.0 Å². The molecule has 0 saturated heterocycles. The molecule has 7 nitrogen and oxygen atoms in total. The number of thiazole rings is 1. The van der Waals surface area contributed by atoms with Crippen molar-refractivity contribution in [3.8, 4) is 5.75 Å². The second-order valence-corrected chi connectivity index (χ2v) is 7.62. The molecule has 0 atom stereocenters. The first kappa shape index (κ1) is 20.7. The molecule has 0 radical (unpaired) electrons. The summed E-state index contributed by atoms with van der Waals surface area (Å²) in [6.07, 6.45) is 0. The summed E-state index contributed by atoms with van der Waals surface area (Å²) in [5.74, 6) is 0.660. The van der Waals surface area contributed by atoms with Gasteiger partial charge in [0.25, 0.3) is 11.8 Å². The zero-order valence-corrected chi connectivity index (χ0v) is 17.3. The molecular weight excluding hydrogens is 408 g/mol. The van der Waals surface area contributed by atoms with Gasteiger partial charge in [0, 0.05) is 21.6 Å². The van der Waals surface area contributed by atoms with E-state index in [2.05, 4.69) is 21.2 Å². The van der Waals surface area contributed by atoms with Crippen LogP contribution in [0.4, 0.5) is 5.69 Å². The van der Waals surface area contributed by atoms with Gasteiger partial charge in [-0.25, -0.2) is 4.98 Å². The number of methoxy groups -OCH3 is 1. The summed E-state index contributed by atoms with van der Waals surface area (Å²) < 4.78 is 5.21. The number of carbonyl (C=O) groups excluding carboxylic acids is 2. The van der Waals surface area contributed by atoms with E-state index >= 15 is 0 Å². The van der Waals surface area contributed by atoms with E-state index in [4.69, 9.17) is 4.74 Å². The molecule has 3 N–H and O–H groups in total. The van der Waals surface area contributed by atoms with Crippen molar-refractivity contribution in [2.75, 3.05) is 19.0 Å². The van der Waals surface area contributed by atoms with Crippen molar-refractivity contribution in [2.24, 2.45) is 0 Å². The summed E-state index contributed by atoms with van der Waals surface area (Å²) in [5.41, 5.74) is 8.80. The Morgan fingerprint density at radius 3 is 2.62 bits per heavy atom. The summed E-state index contributed by atoms with van der Waals surface area (Å²) in [6, 6.07) is 14.5. The van der Waals surface area contributed by atoms with Gasteiger partial charge in [-0.1, -0.05) is 12.1 Å². The Morgan fingerprint density at radius 2 is 1.90 bits per heavy atom. The zero-order valence-electron chi connectivity index (χ0n) is 15.7. The van der Waals surface area contributed by atoms with E-state index < -0.39 is 0 Å². The molecule has 0 aliphatic carbocycles. The van der Waals surface area contributed by atoms with Crippen LogP contribution in [-0.4, -0.2) is 30.5 Å². The molecule has 0 spiro atoms. The molecule has 1 aromatic heterocycles. The van der Waals surface area contributed by atoms with E-state index in [9.17, 15) is 9.59 Å². The molecule has 3 aromatic rings. The van der Waals surface area contributed by atoms with Crippen LogP contribution in [0.2, 0.25) is 0 Å². The molecule has 0 unspecified atom stereocenters. The number of anilines is 1. The molecule has 1 heterocycles. The minimum absolute atomic E-state index is 0.00709. The molecule has 0 fully saturated rings. The molecule has 2 amide bonds. The van der Waals surface area contributed by atoms with Crippen LogP contribution in [0.15, 0.2) is 64.3 Å². The molecular formula is C20H20N4O3S2. The first-order chi connectivity index (χ1) is 14.2. The highest BCUT2D eigenvalue weighted by Gasteiger charge is 2.09. The molecule has 9 heteroatoms. The minimum Gasteiger partial charge on any atom is -0.495 e. The van der Waals surface area contributed by atoms with Gasteiger partial charge < -0.3 is 10.1 Å². The van der Waals surface area contributed by atoms with Gasteiger partial charge in [-0.2, -0.15) is 0 Å². The fraction of sp³-hybridized carbons (Fsp3) is 0.150. The fourth-order valence-electron chi connectivity index (χ4n) is 2.38. The van der Waals surface area contributed by atoms with Crippen LogP contribution in [0, 0.1) is 0 Å². The molecule has 2 aromatic carbocycles. The SMILES string of the molecule is COc1ccccc1NCC(=O)NNC(=O)c1ccc(SCc2cscn2)cc1. The van der Waals surface area contributed by atoms with Gasteiger partial charge in [-0.3, -0.25) is 20.4 Å². The number of carbonyl (C=O) groups is 2. The molecule has 3 rings (SSSR count). The number of benzene rings is 2. The van der Waals surface area contributed by atoms with Gasteiger partial charge in [0.2, 0.25) is 0 Å². The van der Waals surface area contributed by atoms with E-state index in [-0.39, 0.29) is 18.4 Å². The lowest BCUT2D eigenvalue weighted by Gasteiger charge is -2.11. The Hall–Kier alpha value is -3.04. The largest absolute Gasteiger partial charge is 0.495 e. The molecule has 29 heavy (non-hydrogen) atoms. The number of hydrogen-bond donors (Lipinski definition) is 3. The van der Waals surface area contributed by atoms with E-state index in [1.165, 1.54) is 0 Å². The Balaban J connectivity index is 1.43. The Bertz CT molecular complexity index is 947. The molecule has 0 bridgehead atoms. The van der Waals surface area contributed by atoms with Crippen molar-refractivity contribution in [1.82, 2.24) is 15.8 Å². The van der Waals surface area contributed by atoms with Crippen molar-refractivity contribution in [3.63, 3.8) is 0 Å². The summed E-state index contributed by atoms with van der Waals surface area (Å²) >= 11 is 3.22. The maximum atomic E-state index is 12.2. The lowest BCUT2D eigenvalue weighted by atomic mass is 10.2. The highest BCUT2D eigenvalue weighted by molar-refractivity contribution is 7.98. The maximum Gasteiger partial charge on any atom is 0.269 e. The lowest BCUT2D eigenvalue weighted by molar-refractivity contribution is -0.120. The summed E-state index contributed by atoms with van der Waals surface area (Å²) in [5, 5.41) is 4.98. The van der Waals surface area contributed by atoms with E-state index in [1.54, 1.807) is 54.5 Å². The van der Waals surface area contributed by atoms with Gasteiger partial charge in [0.15, 0.2) is 0 Å². The Labute approximate surface area is 176 Å². The van der Waals surface area contributed by atoms with E-state index in [0.717, 1.165) is 16.3 Å².